The van der Waals surface area contributed by atoms with E-state index in [2.05, 4.69) is 24.3 Å². The molecule has 1 atom stereocenters. The van der Waals surface area contributed by atoms with Gasteiger partial charge in [0.25, 0.3) is 0 Å². The molecule has 0 spiro atoms. The molecule has 0 fully saturated rings. The van der Waals surface area contributed by atoms with Crippen LogP contribution in [0, 0.1) is 14.9 Å². The normalized spacial score (nSPS) is 14.3. The van der Waals surface area contributed by atoms with Crippen LogP contribution in [0.1, 0.15) is 23.6 Å². The second-order valence-electron chi connectivity index (χ2n) is 6.43. The third kappa shape index (κ3) is 8.23. The maximum Gasteiger partial charge on any atom is 0.238 e. The van der Waals surface area contributed by atoms with Gasteiger partial charge in [0.1, 0.15) is 0 Å². The fraction of sp³-hybridized carbons (Fsp3) is 0.0870. The van der Waals surface area contributed by atoms with Gasteiger partial charge >= 0.3 is 0 Å². The van der Waals surface area contributed by atoms with Gasteiger partial charge in [-0.15, -0.1) is 0 Å². The quantitative estimate of drug-likeness (QED) is 0.412. The number of primary sulfonamides is 1. The molecule has 0 amide bonds. The summed E-state index contributed by atoms with van der Waals surface area (Å²) in [6.45, 7) is 0. The van der Waals surface area contributed by atoms with Crippen LogP contribution in [0.5, 0.6) is 0 Å². The summed E-state index contributed by atoms with van der Waals surface area (Å²) < 4.78 is 23.0. The van der Waals surface area contributed by atoms with Gasteiger partial charge in [-0.3, -0.25) is 5.01 Å². The average molecular weight is 674 g/mol. The third-order valence-corrected chi connectivity index (χ3v) is 5.56. The summed E-state index contributed by atoms with van der Waals surface area (Å²) in [5, 5.41) is 12.0. The van der Waals surface area contributed by atoms with Gasteiger partial charge in [0.2, 0.25) is 10.0 Å². The predicted molar refractivity (Wildman–Crippen MR) is 120 cm³/mol. The number of sulfonamides is 1. The summed E-state index contributed by atoms with van der Waals surface area (Å²) in [5.41, 5.74) is 4.06. The summed E-state index contributed by atoms with van der Waals surface area (Å²) in [4.78, 5) is 0.0916. The van der Waals surface area contributed by atoms with E-state index in [9.17, 15) is 8.42 Å². The molecule has 0 aromatic heterocycles. The first-order valence-corrected chi connectivity index (χ1v) is 10.2. The molecule has 0 bridgehead atoms. The van der Waals surface area contributed by atoms with E-state index >= 15 is 0 Å². The Morgan fingerprint density at radius 2 is 1.28 bits per heavy atom. The van der Waals surface area contributed by atoms with Crippen LogP contribution in [0.3, 0.4) is 0 Å². The van der Waals surface area contributed by atoms with Crippen LogP contribution in [0.4, 0.5) is 5.69 Å². The van der Waals surface area contributed by atoms with Crippen LogP contribution in [0.15, 0.2) is 94.9 Å². The van der Waals surface area contributed by atoms with Gasteiger partial charge in [-0.2, -0.15) is 5.10 Å². The Kier molecular flexibility index (Phi) is 16.6. The molecule has 5 nitrogen and oxygen atoms in total. The first-order valence-electron chi connectivity index (χ1n) is 8.62. The van der Waals surface area contributed by atoms with E-state index in [-0.39, 0.29) is 124 Å². The van der Waals surface area contributed by atoms with Crippen molar-refractivity contribution in [1.29, 1.82) is 0 Å². The van der Waals surface area contributed by atoms with Gasteiger partial charge in [-0.1, -0.05) is 60.7 Å². The number of hydrazone groups is 1. The fourth-order valence-electron chi connectivity index (χ4n) is 3.28. The topological polar surface area (TPSA) is 75.8 Å². The zero-order chi connectivity index (χ0) is 18.9. The molecule has 1 aliphatic heterocycles. The molecule has 32 heavy (non-hydrogen) atoms. The smallest absolute Gasteiger partial charge is 0.238 e. The van der Waals surface area contributed by atoms with Gasteiger partial charge in [0.15, 0.2) is 0 Å². The minimum absolute atomic E-state index is 0. The summed E-state index contributed by atoms with van der Waals surface area (Å²) in [7, 11) is -3.72. The number of anilines is 1. The molecule has 0 saturated heterocycles. The Balaban J connectivity index is 0. The van der Waals surface area contributed by atoms with Gasteiger partial charge in [-0.25, -0.2) is 13.6 Å². The summed E-state index contributed by atoms with van der Waals surface area (Å²) in [6.07, 6.45) is 0.769. The van der Waals surface area contributed by atoms with E-state index in [1.54, 1.807) is 12.1 Å². The van der Waals surface area contributed by atoms with E-state index in [0.717, 1.165) is 28.9 Å². The summed E-state index contributed by atoms with van der Waals surface area (Å²) >= 11 is 0. The first kappa shape index (κ1) is 34.5. The molecule has 3 radical (unpaired) electrons. The number of hydrogen-bond donors (Lipinski definition) is 1. The van der Waals surface area contributed by atoms with E-state index in [0.29, 0.717) is 0 Å². The molecule has 3 aromatic carbocycles. The Hall–Kier alpha value is 0.352. The van der Waals surface area contributed by atoms with Crippen molar-refractivity contribution < 1.29 is 107 Å². The Labute approximate surface area is 267 Å². The number of benzene rings is 3. The molecule has 2 N–H and O–H groups in total. The van der Waals surface area contributed by atoms with Gasteiger partial charge in [-0.05, 0) is 35.4 Å². The van der Waals surface area contributed by atoms with Crippen LogP contribution >= 0.6 is 0 Å². The minimum Gasteiger partial charge on any atom is -0.358 e. The van der Waals surface area contributed by atoms with Crippen molar-refractivity contribution in [2.75, 3.05) is 5.01 Å². The van der Waals surface area contributed by atoms with Crippen molar-refractivity contribution in [2.24, 2.45) is 10.2 Å². The fourth-order valence-corrected chi connectivity index (χ4v) is 3.79. The summed E-state index contributed by atoms with van der Waals surface area (Å²) in [6, 6.07) is 26.8. The van der Waals surface area contributed by atoms with Crippen molar-refractivity contribution in [1.82, 2.24) is 0 Å². The van der Waals surface area contributed by atoms with Crippen molar-refractivity contribution in [3.8, 4) is 0 Å². The minimum atomic E-state index is -3.72. The molecule has 0 aliphatic carbocycles. The van der Waals surface area contributed by atoms with Gasteiger partial charge in [0, 0.05) is 105 Å². The number of hydrogen-bond acceptors (Lipinski definition) is 4. The van der Waals surface area contributed by atoms with Crippen molar-refractivity contribution >= 4 is 21.4 Å². The average Bonchev–Trinajstić information content (AvgIpc) is 3.14. The molecule has 161 valence electrons. The van der Waals surface area contributed by atoms with Crippen molar-refractivity contribution in [3.05, 3.63) is 111 Å². The zero-order valence-electron chi connectivity index (χ0n) is 18.3. The number of nitrogens with zero attached hydrogens (tertiary/aromatic N) is 2. The SMILES string of the molecule is NS(=O)(=O)c1ccc(N2N=C(c3ccccc3)CC2c2ccccc2)cc1.[CH3-].[CH3-].[Y].[Y].[Y]. The van der Waals surface area contributed by atoms with Crippen LogP contribution in [0.25, 0.3) is 0 Å². The van der Waals surface area contributed by atoms with Crippen LogP contribution in [-0.2, 0) is 108 Å². The number of rotatable bonds is 4. The maximum absolute atomic E-state index is 11.5. The maximum atomic E-state index is 11.5. The molecular weight excluding hydrogens is 649 g/mol. The monoisotopic (exact) mass is 674 g/mol. The van der Waals surface area contributed by atoms with Crippen LogP contribution < -0.4 is 10.1 Å². The molecule has 1 unspecified atom stereocenters. The second-order valence-corrected chi connectivity index (χ2v) is 7.99. The second kappa shape index (κ2) is 15.4. The third-order valence-electron chi connectivity index (χ3n) is 4.63. The molecule has 1 heterocycles. The van der Waals surface area contributed by atoms with Crippen LogP contribution in [0.2, 0.25) is 0 Å². The molecule has 4 rings (SSSR count). The van der Waals surface area contributed by atoms with Crippen molar-refractivity contribution in [2.45, 2.75) is 17.4 Å². The molecule has 9 heteroatoms. The van der Waals surface area contributed by atoms with E-state index < -0.39 is 10.0 Å². The Bertz CT molecular complexity index is 1080. The molecule has 0 saturated carbocycles. The predicted octanol–water partition coefficient (Wildman–Crippen LogP) is 4.58. The zero-order valence-corrected chi connectivity index (χ0v) is 27.6. The van der Waals surface area contributed by atoms with Gasteiger partial charge < -0.3 is 14.9 Å². The van der Waals surface area contributed by atoms with Crippen LogP contribution in [-0.4, -0.2) is 14.1 Å². The summed E-state index contributed by atoms with van der Waals surface area (Å²) in [5.74, 6) is 0. The molecule has 1 aliphatic rings. The standard InChI is InChI=1S/C21H19N3O2S.2CH3.3Y/c22-27(25,26)19-13-11-18(12-14-19)24-21(17-9-5-2-6-10-17)15-20(23-24)16-7-3-1-4-8-16;;;;;/h1-14,21H,15H2,(H2,22,25,26);2*1H3;;;/q;2*-1;;;. The largest absolute Gasteiger partial charge is 0.358 e. The number of nitrogens with two attached hydrogens (primary N) is 1. The van der Waals surface area contributed by atoms with Crippen molar-refractivity contribution in [3.63, 3.8) is 0 Å². The van der Waals surface area contributed by atoms with E-state index in [1.165, 1.54) is 12.1 Å². The van der Waals surface area contributed by atoms with Gasteiger partial charge in [0.05, 0.1) is 22.3 Å². The Morgan fingerprint density at radius 3 is 1.78 bits per heavy atom. The van der Waals surface area contributed by atoms with E-state index in [4.69, 9.17) is 10.2 Å². The van der Waals surface area contributed by atoms with E-state index in [1.807, 2.05) is 41.4 Å². The first-order chi connectivity index (χ1) is 13.0. The molecule has 3 aromatic rings. The Morgan fingerprint density at radius 1 is 0.781 bits per heavy atom. The molecular formula is C23H25N3O2SY3-2.